The molecule has 0 radical (unpaired) electrons. The molecule has 0 amide bonds. The van der Waals surface area contributed by atoms with Gasteiger partial charge < -0.3 is 10.5 Å². The van der Waals surface area contributed by atoms with Crippen LogP contribution in [0.4, 0.5) is 0 Å². The molecule has 0 atom stereocenters. The van der Waals surface area contributed by atoms with Gasteiger partial charge in [-0.05, 0) is 26.0 Å². The molecule has 1 rings (SSSR count). The molecule has 1 aliphatic heterocycles. The number of halogens is 1. The standard InChI is InChI=1S/C14H19IN2O/c1-5-9-11-12(7-3)18-13(8-4)14(17(11)15)10(16)6-2/h5-6,8-9H,4,7,16H2,1-3H3/b9-5-,10-6+. The summed E-state index contributed by atoms with van der Waals surface area (Å²) in [7, 11) is 0. The van der Waals surface area contributed by atoms with Crippen LogP contribution in [0.25, 0.3) is 0 Å². The summed E-state index contributed by atoms with van der Waals surface area (Å²) in [5.74, 6) is 1.62. The number of hydrogen-bond acceptors (Lipinski definition) is 3. The highest BCUT2D eigenvalue weighted by molar-refractivity contribution is 14.1. The Hall–Kier alpha value is -1.17. The topological polar surface area (TPSA) is 38.5 Å². The van der Waals surface area contributed by atoms with E-state index in [1.165, 1.54) is 0 Å². The summed E-state index contributed by atoms with van der Waals surface area (Å²) in [5.41, 5.74) is 8.57. The Balaban J connectivity index is 3.34. The minimum absolute atomic E-state index is 0.677. The molecule has 0 aliphatic carbocycles. The predicted molar refractivity (Wildman–Crippen MR) is 84.2 cm³/mol. The van der Waals surface area contributed by atoms with Crippen LogP contribution in [-0.4, -0.2) is 3.11 Å². The van der Waals surface area contributed by atoms with Crippen molar-refractivity contribution in [1.82, 2.24) is 3.11 Å². The normalized spacial score (nSPS) is 17.6. The van der Waals surface area contributed by atoms with Crippen LogP contribution in [0, 0.1) is 0 Å². The number of allylic oxidation sites excluding steroid dienone is 5. The van der Waals surface area contributed by atoms with E-state index in [2.05, 4.69) is 36.4 Å². The minimum Gasteiger partial charge on any atom is -0.457 e. The van der Waals surface area contributed by atoms with Crippen molar-refractivity contribution in [1.29, 1.82) is 0 Å². The number of hydrogen-bond donors (Lipinski definition) is 1. The summed E-state index contributed by atoms with van der Waals surface area (Å²) in [5, 5.41) is 0. The van der Waals surface area contributed by atoms with E-state index < -0.39 is 0 Å². The second-order valence-corrected chi connectivity index (χ2v) is 4.67. The molecule has 0 saturated carbocycles. The highest BCUT2D eigenvalue weighted by atomic mass is 127. The van der Waals surface area contributed by atoms with Crippen molar-refractivity contribution in [3.63, 3.8) is 0 Å². The Morgan fingerprint density at radius 3 is 2.61 bits per heavy atom. The van der Waals surface area contributed by atoms with E-state index in [0.717, 1.165) is 23.6 Å². The molecule has 0 spiro atoms. The lowest BCUT2D eigenvalue weighted by atomic mass is 10.1. The van der Waals surface area contributed by atoms with E-state index in [1.807, 2.05) is 35.2 Å². The molecule has 0 saturated heterocycles. The van der Waals surface area contributed by atoms with Crippen LogP contribution in [0.2, 0.25) is 0 Å². The van der Waals surface area contributed by atoms with E-state index in [0.29, 0.717) is 11.5 Å². The first-order valence-electron chi connectivity index (χ1n) is 5.89. The smallest absolute Gasteiger partial charge is 0.152 e. The highest BCUT2D eigenvalue weighted by Gasteiger charge is 2.25. The number of nitrogens with two attached hydrogens (primary N) is 1. The quantitative estimate of drug-likeness (QED) is 0.607. The zero-order chi connectivity index (χ0) is 13.7. The summed E-state index contributed by atoms with van der Waals surface area (Å²) in [4.78, 5) is 0. The largest absolute Gasteiger partial charge is 0.457 e. The summed E-state index contributed by atoms with van der Waals surface area (Å²) >= 11 is 2.24. The summed E-state index contributed by atoms with van der Waals surface area (Å²) in [6.45, 7) is 9.74. The first kappa shape index (κ1) is 14.9. The molecule has 1 heterocycles. The average Bonchev–Trinajstić information content (AvgIpc) is 2.39. The van der Waals surface area contributed by atoms with Crippen LogP contribution in [0.3, 0.4) is 0 Å². The summed E-state index contributed by atoms with van der Waals surface area (Å²) in [6.07, 6.45) is 8.38. The molecular weight excluding hydrogens is 339 g/mol. The van der Waals surface area contributed by atoms with Crippen LogP contribution in [-0.2, 0) is 4.74 Å². The van der Waals surface area contributed by atoms with Crippen LogP contribution < -0.4 is 5.73 Å². The molecule has 98 valence electrons. The number of nitrogens with zero attached hydrogens (tertiary/aromatic N) is 1. The van der Waals surface area contributed by atoms with E-state index in [4.69, 9.17) is 10.5 Å². The third kappa shape index (κ3) is 2.80. The van der Waals surface area contributed by atoms with E-state index in [-0.39, 0.29) is 0 Å². The first-order chi connectivity index (χ1) is 8.60. The monoisotopic (exact) mass is 358 g/mol. The molecule has 2 N–H and O–H groups in total. The lowest BCUT2D eigenvalue weighted by Crippen LogP contribution is -2.23. The van der Waals surface area contributed by atoms with Crippen molar-refractivity contribution in [3.05, 3.63) is 59.5 Å². The van der Waals surface area contributed by atoms with E-state index in [9.17, 15) is 0 Å². The molecule has 18 heavy (non-hydrogen) atoms. The van der Waals surface area contributed by atoms with Gasteiger partial charge in [-0.3, -0.25) is 3.11 Å². The summed E-state index contributed by atoms with van der Waals surface area (Å²) in [6, 6.07) is 0. The summed E-state index contributed by atoms with van der Waals surface area (Å²) < 4.78 is 7.90. The van der Waals surface area contributed by atoms with E-state index in [1.54, 1.807) is 6.08 Å². The van der Waals surface area contributed by atoms with Gasteiger partial charge in [0, 0.05) is 6.42 Å². The zero-order valence-electron chi connectivity index (χ0n) is 11.0. The van der Waals surface area contributed by atoms with Gasteiger partial charge in [0.25, 0.3) is 0 Å². The molecule has 0 unspecified atom stereocenters. The fourth-order valence-corrected chi connectivity index (χ4v) is 2.61. The SMILES string of the molecule is C=CC1=C(/C(N)=C\C)N(I)C(/C=C\C)=C(CC)O1. The van der Waals surface area contributed by atoms with Crippen LogP contribution >= 0.6 is 22.9 Å². The molecule has 0 fully saturated rings. The molecular formula is C14H19IN2O. The Kier molecular flexibility index (Phi) is 5.53. The predicted octanol–water partition coefficient (Wildman–Crippen LogP) is 4.13. The maximum absolute atomic E-state index is 6.03. The van der Waals surface area contributed by atoms with Gasteiger partial charge in [-0.1, -0.05) is 25.7 Å². The molecule has 3 nitrogen and oxygen atoms in total. The van der Waals surface area contributed by atoms with Gasteiger partial charge in [0.15, 0.2) is 5.76 Å². The molecule has 1 aliphatic rings. The van der Waals surface area contributed by atoms with Gasteiger partial charge in [-0.25, -0.2) is 0 Å². The van der Waals surface area contributed by atoms with Crippen LogP contribution in [0.1, 0.15) is 27.2 Å². The van der Waals surface area contributed by atoms with Gasteiger partial charge in [0.1, 0.15) is 11.5 Å². The lowest BCUT2D eigenvalue weighted by molar-refractivity contribution is 0.275. The Morgan fingerprint density at radius 2 is 2.17 bits per heavy atom. The Morgan fingerprint density at radius 1 is 1.50 bits per heavy atom. The second-order valence-electron chi connectivity index (χ2n) is 3.71. The maximum Gasteiger partial charge on any atom is 0.152 e. The van der Waals surface area contributed by atoms with Crippen LogP contribution in [0.15, 0.2) is 59.5 Å². The molecule has 0 aromatic carbocycles. The van der Waals surface area contributed by atoms with Gasteiger partial charge >= 0.3 is 0 Å². The Labute approximate surface area is 123 Å². The molecule has 0 aromatic rings. The Bertz CT molecular complexity index is 458. The van der Waals surface area contributed by atoms with E-state index >= 15 is 0 Å². The van der Waals surface area contributed by atoms with Gasteiger partial charge in [0.2, 0.25) is 0 Å². The lowest BCUT2D eigenvalue weighted by Gasteiger charge is -2.30. The van der Waals surface area contributed by atoms with Crippen molar-refractivity contribution >= 4 is 22.9 Å². The molecule has 4 heteroatoms. The molecule has 0 bridgehead atoms. The van der Waals surface area contributed by atoms with Crippen LogP contribution in [0.5, 0.6) is 0 Å². The van der Waals surface area contributed by atoms with Crippen molar-refractivity contribution in [3.8, 4) is 0 Å². The van der Waals surface area contributed by atoms with Gasteiger partial charge in [-0.15, -0.1) is 0 Å². The highest BCUT2D eigenvalue weighted by Crippen LogP contribution is 2.36. The first-order valence-corrected chi connectivity index (χ1v) is 6.85. The average molecular weight is 358 g/mol. The van der Waals surface area contributed by atoms with Crippen molar-refractivity contribution in [2.24, 2.45) is 5.73 Å². The van der Waals surface area contributed by atoms with Crippen molar-refractivity contribution in [2.75, 3.05) is 0 Å². The fraction of sp³-hybridized carbons (Fsp3) is 0.286. The fourth-order valence-electron chi connectivity index (χ4n) is 1.66. The van der Waals surface area contributed by atoms with Gasteiger partial charge in [0.05, 0.1) is 34.3 Å². The third-order valence-corrected chi connectivity index (χ3v) is 3.58. The minimum atomic E-state index is 0.677. The maximum atomic E-state index is 6.03. The number of rotatable bonds is 4. The van der Waals surface area contributed by atoms with Crippen molar-refractivity contribution in [2.45, 2.75) is 27.2 Å². The second kappa shape index (κ2) is 6.68. The molecule has 0 aromatic heterocycles. The van der Waals surface area contributed by atoms with Crippen molar-refractivity contribution < 1.29 is 4.74 Å². The third-order valence-electron chi connectivity index (χ3n) is 2.58. The zero-order valence-corrected chi connectivity index (χ0v) is 13.2. The van der Waals surface area contributed by atoms with Gasteiger partial charge in [-0.2, -0.15) is 0 Å². The number of ether oxygens (including phenoxy) is 1.